The smallest absolute Gasteiger partial charge is 0.138 e. The molecular formula is C15H15BrClNO. The van der Waals surface area contributed by atoms with Crippen LogP contribution in [0.2, 0.25) is 5.02 Å². The Kier molecular flexibility index (Phi) is 4.86. The molecule has 0 heterocycles. The van der Waals surface area contributed by atoms with Gasteiger partial charge in [-0.25, -0.2) is 0 Å². The van der Waals surface area contributed by atoms with Crippen LogP contribution in [0.15, 0.2) is 46.9 Å². The summed E-state index contributed by atoms with van der Waals surface area (Å²) in [6.45, 7) is 2.44. The van der Waals surface area contributed by atoms with Crippen molar-refractivity contribution in [2.75, 3.05) is 6.54 Å². The normalized spacial score (nSPS) is 12.2. The lowest BCUT2D eigenvalue weighted by atomic mass is 10.1. The van der Waals surface area contributed by atoms with Gasteiger partial charge in [0.05, 0.1) is 5.02 Å². The fourth-order valence-electron chi connectivity index (χ4n) is 1.85. The molecular weight excluding hydrogens is 326 g/mol. The monoisotopic (exact) mass is 339 g/mol. The van der Waals surface area contributed by atoms with Gasteiger partial charge >= 0.3 is 0 Å². The predicted octanol–water partition coefficient (Wildman–Crippen LogP) is 4.49. The van der Waals surface area contributed by atoms with E-state index in [1.807, 2.05) is 37.3 Å². The molecule has 0 radical (unpaired) electrons. The number of nitrogens with two attached hydrogens (primary N) is 1. The van der Waals surface area contributed by atoms with Gasteiger partial charge in [0.2, 0.25) is 0 Å². The first kappa shape index (κ1) is 14.4. The average Bonchev–Trinajstić information content (AvgIpc) is 2.38. The molecule has 0 spiro atoms. The maximum Gasteiger partial charge on any atom is 0.138 e. The second-order valence-corrected chi connectivity index (χ2v) is 5.65. The summed E-state index contributed by atoms with van der Waals surface area (Å²) in [5, 5.41) is 0.570. The number of benzene rings is 2. The Hall–Kier alpha value is -1.03. The topological polar surface area (TPSA) is 35.2 Å². The van der Waals surface area contributed by atoms with Gasteiger partial charge in [0, 0.05) is 11.0 Å². The van der Waals surface area contributed by atoms with Gasteiger partial charge in [-0.3, -0.25) is 0 Å². The van der Waals surface area contributed by atoms with Crippen LogP contribution in [0.3, 0.4) is 0 Å². The Morgan fingerprint density at radius 1 is 1.26 bits per heavy atom. The first-order valence-corrected chi connectivity index (χ1v) is 7.15. The third-order valence-corrected chi connectivity index (χ3v) is 3.58. The Morgan fingerprint density at radius 3 is 2.68 bits per heavy atom. The van der Waals surface area contributed by atoms with Crippen LogP contribution in [0.1, 0.15) is 17.2 Å². The molecule has 0 saturated heterocycles. The fraction of sp³-hybridized carbons (Fsp3) is 0.200. The second-order valence-electron chi connectivity index (χ2n) is 4.33. The summed E-state index contributed by atoms with van der Waals surface area (Å²) in [5.41, 5.74) is 8.04. The van der Waals surface area contributed by atoms with Gasteiger partial charge in [-0.15, -0.1) is 0 Å². The molecule has 19 heavy (non-hydrogen) atoms. The Labute approximate surface area is 126 Å². The van der Waals surface area contributed by atoms with E-state index in [1.54, 1.807) is 6.07 Å². The number of ether oxygens (including phenoxy) is 1. The number of rotatable bonds is 4. The summed E-state index contributed by atoms with van der Waals surface area (Å²) >= 11 is 9.52. The molecule has 0 saturated carbocycles. The minimum absolute atomic E-state index is 0.196. The van der Waals surface area contributed by atoms with E-state index in [9.17, 15) is 0 Å². The van der Waals surface area contributed by atoms with E-state index in [0.717, 1.165) is 10.0 Å². The zero-order valence-electron chi connectivity index (χ0n) is 10.6. The van der Waals surface area contributed by atoms with Crippen LogP contribution >= 0.6 is 27.5 Å². The number of halogens is 2. The van der Waals surface area contributed by atoms with Gasteiger partial charge in [0.15, 0.2) is 0 Å². The van der Waals surface area contributed by atoms with E-state index >= 15 is 0 Å². The highest BCUT2D eigenvalue weighted by molar-refractivity contribution is 9.10. The van der Waals surface area contributed by atoms with Crippen molar-refractivity contribution in [1.29, 1.82) is 0 Å². The van der Waals surface area contributed by atoms with Crippen LogP contribution in [0, 0.1) is 6.92 Å². The van der Waals surface area contributed by atoms with Gasteiger partial charge in [-0.1, -0.05) is 57.4 Å². The van der Waals surface area contributed by atoms with Gasteiger partial charge in [0.1, 0.15) is 11.9 Å². The van der Waals surface area contributed by atoms with Gasteiger partial charge < -0.3 is 10.5 Å². The molecule has 0 aromatic heterocycles. The van der Waals surface area contributed by atoms with Crippen molar-refractivity contribution >= 4 is 27.5 Å². The van der Waals surface area contributed by atoms with Crippen molar-refractivity contribution in [2.24, 2.45) is 5.73 Å². The minimum atomic E-state index is -0.196. The molecule has 0 amide bonds. The van der Waals surface area contributed by atoms with E-state index in [0.29, 0.717) is 17.3 Å². The SMILES string of the molecule is Cc1cccc(C(CN)Oc2ccc(Br)cc2Cl)c1. The lowest BCUT2D eigenvalue weighted by molar-refractivity contribution is 0.214. The molecule has 0 aliphatic heterocycles. The zero-order valence-corrected chi connectivity index (χ0v) is 12.9. The highest BCUT2D eigenvalue weighted by Gasteiger charge is 2.13. The first-order chi connectivity index (χ1) is 9.10. The summed E-state index contributed by atoms with van der Waals surface area (Å²) in [6, 6.07) is 13.7. The van der Waals surface area contributed by atoms with Gasteiger partial charge in [-0.05, 0) is 30.7 Å². The number of hydrogen-bond acceptors (Lipinski definition) is 2. The van der Waals surface area contributed by atoms with Crippen LogP contribution in [0.4, 0.5) is 0 Å². The molecule has 0 aliphatic rings. The van der Waals surface area contributed by atoms with Crippen molar-refractivity contribution in [3.8, 4) is 5.75 Å². The maximum absolute atomic E-state index is 6.15. The van der Waals surface area contributed by atoms with Gasteiger partial charge in [-0.2, -0.15) is 0 Å². The Morgan fingerprint density at radius 2 is 2.05 bits per heavy atom. The predicted molar refractivity (Wildman–Crippen MR) is 82.8 cm³/mol. The van der Waals surface area contributed by atoms with E-state index in [4.69, 9.17) is 22.1 Å². The maximum atomic E-state index is 6.15. The molecule has 0 fully saturated rings. The third-order valence-electron chi connectivity index (χ3n) is 2.79. The fourth-order valence-corrected chi connectivity index (χ4v) is 2.56. The minimum Gasteiger partial charge on any atom is -0.483 e. The molecule has 0 bridgehead atoms. The number of hydrogen-bond donors (Lipinski definition) is 1. The molecule has 0 aliphatic carbocycles. The zero-order chi connectivity index (χ0) is 13.8. The molecule has 2 rings (SSSR count). The van der Waals surface area contributed by atoms with Crippen LogP contribution in [0.25, 0.3) is 0 Å². The quantitative estimate of drug-likeness (QED) is 0.890. The van der Waals surface area contributed by atoms with Crippen molar-refractivity contribution in [3.05, 3.63) is 63.1 Å². The molecule has 4 heteroatoms. The van der Waals surface area contributed by atoms with Crippen molar-refractivity contribution in [3.63, 3.8) is 0 Å². The molecule has 100 valence electrons. The van der Waals surface area contributed by atoms with Crippen LogP contribution in [-0.2, 0) is 0 Å². The van der Waals surface area contributed by atoms with Crippen molar-refractivity contribution in [1.82, 2.24) is 0 Å². The molecule has 1 atom stereocenters. The average molecular weight is 341 g/mol. The summed E-state index contributed by atoms with van der Waals surface area (Å²) in [5.74, 6) is 0.641. The highest BCUT2D eigenvalue weighted by Crippen LogP contribution is 2.31. The third kappa shape index (κ3) is 3.72. The van der Waals surface area contributed by atoms with Gasteiger partial charge in [0.25, 0.3) is 0 Å². The summed E-state index contributed by atoms with van der Waals surface area (Å²) in [6.07, 6.45) is -0.196. The standard InChI is InChI=1S/C15H15BrClNO/c1-10-3-2-4-11(7-10)15(9-18)19-14-6-5-12(16)8-13(14)17/h2-8,15H,9,18H2,1H3. The second kappa shape index (κ2) is 6.42. The number of aryl methyl sites for hydroxylation is 1. The Bertz CT molecular complexity index is 574. The Balaban J connectivity index is 2.24. The molecule has 2 nitrogen and oxygen atoms in total. The largest absolute Gasteiger partial charge is 0.483 e. The molecule has 2 N–H and O–H groups in total. The molecule has 2 aromatic carbocycles. The first-order valence-electron chi connectivity index (χ1n) is 5.98. The van der Waals surface area contributed by atoms with Crippen LogP contribution < -0.4 is 10.5 Å². The molecule has 2 aromatic rings. The highest BCUT2D eigenvalue weighted by atomic mass is 79.9. The van der Waals surface area contributed by atoms with Crippen molar-refractivity contribution in [2.45, 2.75) is 13.0 Å². The summed E-state index contributed by atoms with van der Waals surface area (Å²) in [4.78, 5) is 0. The summed E-state index contributed by atoms with van der Waals surface area (Å²) < 4.78 is 6.83. The van der Waals surface area contributed by atoms with E-state index in [1.165, 1.54) is 5.56 Å². The van der Waals surface area contributed by atoms with E-state index in [-0.39, 0.29) is 6.10 Å². The lowest BCUT2D eigenvalue weighted by Crippen LogP contribution is -2.18. The van der Waals surface area contributed by atoms with Crippen LogP contribution in [-0.4, -0.2) is 6.54 Å². The lowest BCUT2D eigenvalue weighted by Gasteiger charge is -2.19. The molecule has 1 unspecified atom stereocenters. The van der Waals surface area contributed by atoms with Crippen molar-refractivity contribution < 1.29 is 4.74 Å². The van der Waals surface area contributed by atoms with E-state index < -0.39 is 0 Å². The van der Waals surface area contributed by atoms with E-state index in [2.05, 4.69) is 22.0 Å². The van der Waals surface area contributed by atoms with Crippen LogP contribution in [0.5, 0.6) is 5.75 Å². The summed E-state index contributed by atoms with van der Waals surface area (Å²) in [7, 11) is 0.